The molecule has 0 radical (unpaired) electrons. The zero-order valence-electron chi connectivity index (χ0n) is 11.3. The third-order valence-corrected chi connectivity index (χ3v) is 3.29. The first-order valence-corrected chi connectivity index (χ1v) is 6.98. The average Bonchev–Trinajstić information content (AvgIpc) is 2.93. The van der Waals surface area contributed by atoms with E-state index < -0.39 is 18.2 Å². The summed E-state index contributed by atoms with van der Waals surface area (Å²) in [5, 5.41) is 12.0. The van der Waals surface area contributed by atoms with Gasteiger partial charge in [0.2, 0.25) is 5.91 Å². The number of nitrogens with one attached hydrogen (secondary N) is 1. The van der Waals surface area contributed by atoms with Gasteiger partial charge in [0.15, 0.2) is 6.10 Å². The number of carboxylic acids is 1. The second-order valence-corrected chi connectivity index (χ2v) is 5.06. The molecule has 0 spiro atoms. The first kappa shape index (κ1) is 15.6. The largest absolute Gasteiger partial charge is 0.492 e. The van der Waals surface area contributed by atoms with Crippen LogP contribution in [-0.2, 0) is 14.3 Å². The average molecular weight is 314 g/mol. The van der Waals surface area contributed by atoms with Gasteiger partial charge in [0.1, 0.15) is 18.5 Å². The van der Waals surface area contributed by atoms with Gasteiger partial charge in [-0.2, -0.15) is 0 Å². The number of aliphatic carboxylic acids is 1. The highest BCUT2D eigenvalue weighted by Crippen LogP contribution is 2.20. The summed E-state index contributed by atoms with van der Waals surface area (Å²) in [6, 6.07) is 6.97. The Bertz CT molecular complexity index is 522. The number of carboxylic acid groups (broad SMARTS) is 1. The summed E-state index contributed by atoms with van der Waals surface area (Å²) in [7, 11) is 0. The molecule has 1 aromatic carbocycles. The number of rotatable bonds is 6. The summed E-state index contributed by atoms with van der Waals surface area (Å²) in [6.45, 7) is 0.601. The Balaban J connectivity index is 1.67. The van der Waals surface area contributed by atoms with Gasteiger partial charge < -0.3 is 19.9 Å². The molecule has 21 heavy (non-hydrogen) atoms. The molecule has 0 bridgehead atoms. The van der Waals surface area contributed by atoms with E-state index in [4.69, 9.17) is 26.2 Å². The van der Waals surface area contributed by atoms with Gasteiger partial charge in [0.05, 0.1) is 6.54 Å². The number of hydrogen-bond acceptors (Lipinski definition) is 4. The summed E-state index contributed by atoms with van der Waals surface area (Å²) in [5.41, 5.74) is 0. The Kier molecular flexibility index (Phi) is 5.41. The fraction of sp³-hybridized carbons (Fsp3) is 0.429. The number of carbonyl (C=O) groups excluding carboxylic acids is 1. The van der Waals surface area contributed by atoms with Crippen LogP contribution < -0.4 is 10.1 Å². The lowest BCUT2D eigenvalue weighted by molar-refractivity contribution is -0.151. The molecule has 0 saturated carbocycles. The third-order valence-electron chi connectivity index (χ3n) is 3.05. The smallest absolute Gasteiger partial charge is 0.332 e. The minimum Gasteiger partial charge on any atom is -0.492 e. The van der Waals surface area contributed by atoms with Gasteiger partial charge in [-0.05, 0) is 31.0 Å². The van der Waals surface area contributed by atoms with Gasteiger partial charge in [-0.1, -0.05) is 17.7 Å². The van der Waals surface area contributed by atoms with Crippen molar-refractivity contribution in [2.45, 2.75) is 25.0 Å². The number of benzene rings is 1. The normalized spacial score (nSPS) is 21.0. The minimum atomic E-state index is -1.03. The lowest BCUT2D eigenvalue weighted by Crippen LogP contribution is -2.37. The lowest BCUT2D eigenvalue weighted by atomic mass is 10.2. The number of ether oxygens (including phenoxy) is 2. The molecule has 2 atom stereocenters. The van der Waals surface area contributed by atoms with E-state index in [1.54, 1.807) is 24.3 Å². The molecule has 7 heteroatoms. The van der Waals surface area contributed by atoms with Crippen LogP contribution in [0.4, 0.5) is 0 Å². The Labute approximate surface area is 127 Å². The molecule has 1 fully saturated rings. The Morgan fingerprint density at radius 2 is 2.14 bits per heavy atom. The zero-order chi connectivity index (χ0) is 15.2. The van der Waals surface area contributed by atoms with Crippen molar-refractivity contribution in [3.63, 3.8) is 0 Å². The third kappa shape index (κ3) is 4.61. The first-order valence-electron chi connectivity index (χ1n) is 6.60. The van der Waals surface area contributed by atoms with E-state index in [0.29, 0.717) is 36.8 Å². The second-order valence-electron chi connectivity index (χ2n) is 4.63. The van der Waals surface area contributed by atoms with Gasteiger partial charge in [0.25, 0.3) is 0 Å². The molecule has 1 aromatic rings. The Hall–Kier alpha value is -1.79. The van der Waals surface area contributed by atoms with E-state index in [2.05, 4.69) is 5.32 Å². The second kappa shape index (κ2) is 7.28. The van der Waals surface area contributed by atoms with Gasteiger partial charge in [-0.15, -0.1) is 0 Å². The predicted octanol–water partition coefficient (Wildman–Crippen LogP) is 1.47. The quantitative estimate of drug-likeness (QED) is 0.777. The molecule has 0 aromatic heterocycles. The molecule has 2 N–H and O–H groups in total. The lowest BCUT2D eigenvalue weighted by Gasteiger charge is -2.12. The van der Waals surface area contributed by atoms with E-state index in [1.165, 1.54) is 0 Å². The molecule has 6 nitrogen and oxygen atoms in total. The van der Waals surface area contributed by atoms with E-state index in [-0.39, 0.29) is 5.91 Å². The van der Waals surface area contributed by atoms with Crippen LogP contribution in [0.15, 0.2) is 24.3 Å². The van der Waals surface area contributed by atoms with Crippen LogP contribution in [0.25, 0.3) is 0 Å². The molecule has 0 unspecified atom stereocenters. The van der Waals surface area contributed by atoms with E-state index in [1.807, 2.05) is 0 Å². The van der Waals surface area contributed by atoms with Gasteiger partial charge in [0, 0.05) is 5.02 Å². The van der Waals surface area contributed by atoms with Gasteiger partial charge >= 0.3 is 5.97 Å². The number of hydrogen-bond donors (Lipinski definition) is 2. The number of carbonyl (C=O) groups is 2. The van der Waals surface area contributed by atoms with Crippen molar-refractivity contribution in [3.8, 4) is 5.75 Å². The SMILES string of the molecule is O=C(NCCOc1cccc(Cl)c1)[C@@H]1CC[C@H](C(=O)O)O1. The maximum Gasteiger partial charge on any atom is 0.332 e. The van der Waals surface area contributed by atoms with Crippen LogP contribution >= 0.6 is 11.6 Å². The van der Waals surface area contributed by atoms with E-state index in [0.717, 1.165) is 0 Å². The van der Waals surface area contributed by atoms with E-state index >= 15 is 0 Å². The zero-order valence-corrected chi connectivity index (χ0v) is 12.0. The molecule has 1 saturated heterocycles. The van der Waals surface area contributed by atoms with Crippen molar-refractivity contribution < 1.29 is 24.2 Å². The number of halogens is 1. The van der Waals surface area contributed by atoms with E-state index in [9.17, 15) is 9.59 Å². The molecular formula is C14H16ClNO5. The maximum atomic E-state index is 11.8. The molecule has 1 aliphatic rings. The molecule has 2 rings (SSSR count). The maximum absolute atomic E-state index is 11.8. The van der Waals surface area contributed by atoms with Gasteiger partial charge in [-0.3, -0.25) is 4.79 Å². The molecular weight excluding hydrogens is 298 g/mol. The molecule has 1 heterocycles. The summed E-state index contributed by atoms with van der Waals surface area (Å²) in [6.07, 6.45) is -0.814. The van der Waals surface area contributed by atoms with Crippen LogP contribution in [0.1, 0.15) is 12.8 Å². The van der Waals surface area contributed by atoms with Crippen molar-refractivity contribution in [1.82, 2.24) is 5.32 Å². The topological polar surface area (TPSA) is 84.9 Å². The standard InChI is InChI=1S/C14H16ClNO5/c15-9-2-1-3-10(8-9)20-7-6-16-13(17)11-4-5-12(21-11)14(18)19/h1-3,8,11-12H,4-7H2,(H,16,17)(H,18,19)/t11-,12+/m0/s1. The number of amides is 1. The van der Waals surface area contributed by atoms with Crippen molar-refractivity contribution in [2.75, 3.05) is 13.2 Å². The fourth-order valence-electron chi connectivity index (χ4n) is 2.03. The first-order chi connectivity index (χ1) is 10.1. The summed E-state index contributed by atoms with van der Waals surface area (Å²) in [5.74, 6) is -0.720. The molecule has 1 aliphatic heterocycles. The van der Waals surface area contributed by atoms with Crippen molar-refractivity contribution in [3.05, 3.63) is 29.3 Å². The molecule has 114 valence electrons. The summed E-state index contributed by atoms with van der Waals surface area (Å²) >= 11 is 5.82. The highest BCUT2D eigenvalue weighted by molar-refractivity contribution is 6.30. The summed E-state index contributed by atoms with van der Waals surface area (Å²) < 4.78 is 10.6. The fourth-order valence-corrected chi connectivity index (χ4v) is 2.21. The Morgan fingerprint density at radius 1 is 1.38 bits per heavy atom. The van der Waals surface area contributed by atoms with Gasteiger partial charge in [-0.25, -0.2) is 4.79 Å². The summed E-state index contributed by atoms with van der Waals surface area (Å²) in [4.78, 5) is 22.5. The molecule has 1 amide bonds. The van der Waals surface area contributed by atoms with Crippen molar-refractivity contribution in [1.29, 1.82) is 0 Å². The van der Waals surface area contributed by atoms with Crippen molar-refractivity contribution >= 4 is 23.5 Å². The van der Waals surface area contributed by atoms with Crippen LogP contribution in [0.5, 0.6) is 5.75 Å². The Morgan fingerprint density at radius 3 is 2.81 bits per heavy atom. The molecule has 0 aliphatic carbocycles. The minimum absolute atomic E-state index is 0.293. The van der Waals surface area contributed by atoms with Crippen LogP contribution in [-0.4, -0.2) is 42.3 Å². The monoisotopic (exact) mass is 313 g/mol. The highest BCUT2D eigenvalue weighted by atomic mass is 35.5. The highest BCUT2D eigenvalue weighted by Gasteiger charge is 2.34. The van der Waals surface area contributed by atoms with Crippen LogP contribution in [0, 0.1) is 0 Å². The van der Waals surface area contributed by atoms with Crippen LogP contribution in [0.2, 0.25) is 5.02 Å². The van der Waals surface area contributed by atoms with Crippen molar-refractivity contribution in [2.24, 2.45) is 0 Å². The van der Waals surface area contributed by atoms with Crippen LogP contribution in [0.3, 0.4) is 0 Å². The predicted molar refractivity (Wildman–Crippen MR) is 75.5 cm³/mol.